The average molecular weight is 427 g/mol. The lowest BCUT2D eigenvalue weighted by atomic mass is 9.86. The first kappa shape index (κ1) is 20.7. The van der Waals surface area contributed by atoms with Crippen molar-refractivity contribution in [2.24, 2.45) is 7.05 Å². The Kier molecular flexibility index (Phi) is 5.04. The highest BCUT2D eigenvalue weighted by atomic mass is 19.4. The van der Waals surface area contributed by atoms with Gasteiger partial charge in [-0.3, -0.25) is 4.90 Å². The number of fused-ring (bicyclic) bond motifs is 1. The van der Waals surface area contributed by atoms with Crippen LogP contribution in [0.3, 0.4) is 0 Å². The second-order valence-corrected chi connectivity index (χ2v) is 7.75. The average Bonchev–Trinajstić information content (AvgIpc) is 3.02. The van der Waals surface area contributed by atoms with Gasteiger partial charge < -0.3 is 4.57 Å². The molecule has 0 N–H and O–H groups in total. The number of aryl methyl sites for hydroxylation is 1. The maximum Gasteiger partial charge on any atom is 0.416 e. The van der Waals surface area contributed by atoms with Crippen LogP contribution in [0.25, 0.3) is 11.0 Å². The van der Waals surface area contributed by atoms with Crippen molar-refractivity contribution in [1.29, 1.82) is 0 Å². The molecule has 0 amide bonds. The van der Waals surface area contributed by atoms with Crippen molar-refractivity contribution in [3.63, 3.8) is 0 Å². The van der Waals surface area contributed by atoms with Gasteiger partial charge >= 0.3 is 6.18 Å². The zero-order valence-corrected chi connectivity index (χ0v) is 16.1. The molecule has 0 saturated carbocycles. The third kappa shape index (κ3) is 4.03. The Hall–Kier alpha value is -2.55. The number of nitrogens with zero attached hydrogens (tertiary/aromatic N) is 3. The normalized spacial score (nSPS) is 20.0. The molecule has 0 bridgehead atoms. The van der Waals surface area contributed by atoms with Crippen molar-refractivity contribution in [1.82, 2.24) is 14.5 Å². The van der Waals surface area contributed by atoms with Gasteiger partial charge in [-0.05, 0) is 41.5 Å². The van der Waals surface area contributed by atoms with E-state index in [1.54, 1.807) is 41.0 Å². The molecule has 3 aromatic rings. The Morgan fingerprint density at radius 2 is 1.90 bits per heavy atom. The Labute approximate surface area is 168 Å². The summed E-state index contributed by atoms with van der Waals surface area (Å²) in [5.74, 6) is -5.08. The number of imidazole rings is 1. The van der Waals surface area contributed by atoms with Crippen molar-refractivity contribution in [3.05, 3.63) is 65.2 Å². The minimum atomic E-state index is -4.67. The molecule has 1 unspecified atom stereocenters. The fourth-order valence-corrected chi connectivity index (χ4v) is 3.98. The second kappa shape index (κ2) is 7.30. The Balaban J connectivity index is 1.60. The van der Waals surface area contributed by atoms with Gasteiger partial charge in [0.15, 0.2) is 0 Å². The van der Waals surface area contributed by atoms with Crippen molar-refractivity contribution in [2.75, 3.05) is 13.1 Å². The number of likely N-dealkylation sites (tertiary alicyclic amines) is 1. The topological polar surface area (TPSA) is 21.1 Å². The fraction of sp³-hybridized carbons (Fsp3) is 0.381. The van der Waals surface area contributed by atoms with Crippen LogP contribution in [0, 0.1) is 5.82 Å². The van der Waals surface area contributed by atoms with Crippen LogP contribution < -0.4 is 0 Å². The largest absolute Gasteiger partial charge is 0.416 e. The van der Waals surface area contributed by atoms with Gasteiger partial charge in [0.1, 0.15) is 5.82 Å². The summed E-state index contributed by atoms with van der Waals surface area (Å²) < 4.78 is 83.7. The zero-order chi connectivity index (χ0) is 21.7. The molecule has 4 rings (SSSR count). The van der Waals surface area contributed by atoms with Crippen LogP contribution in [-0.4, -0.2) is 33.5 Å². The molecule has 9 heteroatoms. The molecule has 160 valence electrons. The first-order valence-corrected chi connectivity index (χ1v) is 9.41. The van der Waals surface area contributed by atoms with E-state index in [2.05, 4.69) is 4.98 Å². The number of aromatic nitrogens is 2. The third-order valence-corrected chi connectivity index (χ3v) is 5.55. The minimum Gasteiger partial charge on any atom is -0.334 e. The molecule has 0 spiro atoms. The minimum absolute atomic E-state index is 0.00925. The predicted octanol–water partition coefficient (Wildman–Crippen LogP) is 5.36. The van der Waals surface area contributed by atoms with E-state index in [0.29, 0.717) is 17.1 Å². The molecule has 1 aromatic heterocycles. The molecule has 3 nitrogen and oxygen atoms in total. The van der Waals surface area contributed by atoms with Crippen LogP contribution in [0.1, 0.15) is 29.0 Å². The monoisotopic (exact) mass is 427 g/mol. The third-order valence-electron chi connectivity index (χ3n) is 5.55. The molecule has 2 heterocycles. The van der Waals surface area contributed by atoms with Gasteiger partial charge in [0.05, 0.1) is 28.8 Å². The van der Waals surface area contributed by atoms with Gasteiger partial charge in [-0.2, -0.15) is 13.2 Å². The molecule has 1 saturated heterocycles. The van der Waals surface area contributed by atoms with Crippen LogP contribution in [0.5, 0.6) is 0 Å². The van der Waals surface area contributed by atoms with Gasteiger partial charge in [0.25, 0.3) is 5.92 Å². The number of benzene rings is 2. The highest BCUT2D eigenvalue weighted by molar-refractivity contribution is 5.76. The van der Waals surface area contributed by atoms with Crippen LogP contribution >= 0.6 is 0 Å². The van der Waals surface area contributed by atoms with Crippen molar-refractivity contribution in [3.8, 4) is 0 Å². The van der Waals surface area contributed by atoms with Crippen LogP contribution in [0.15, 0.2) is 42.7 Å². The number of halogens is 6. The van der Waals surface area contributed by atoms with Crippen LogP contribution in [-0.2, 0) is 19.8 Å². The summed E-state index contributed by atoms with van der Waals surface area (Å²) in [4.78, 5) is 5.83. The Morgan fingerprint density at radius 3 is 2.63 bits per heavy atom. The molecular weight excluding hydrogens is 408 g/mol. The number of alkyl halides is 5. The Bertz CT molecular complexity index is 1070. The molecular formula is C21H19F6N3. The second-order valence-electron chi connectivity index (χ2n) is 7.75. The van der Waals surface area contributed by atoms with Crippen LogP contribution in [0.4, 0.5) is 26.3 Å². The van der Waals surface area contributed by atoms with E-state index in [9.17, 15) is 26.3 Å². The van der Waals surface area contributed by atoms with Gasteiger partial charge in [0, 0.05) is 33.1 Å². The smallest absolute Gasteiger partial charge is 0.334 e. The summed E-state index contributed by atoms with van der Waals surface area (Å²) in [5.41, 5.74) is 0.875. The lowest BCUT2D eigenvalue weighted by molar-refractivity contribution is -0.137. The van der Waals surface area contributed by atoms with Crippen LogP contribution in [0.2, 0.25) is 0 Å². The van der Waals surface area contributed by atoms with Crippen molar-refractivity contribution in [2.45, 2.75) is 31.0 Å². The van der Waals surface area contributed by atoms with E-state index in [1.165, 1.54) is 0 Å². The fourth-order valence-electron chi connectivity index (χ4n) is 3.98. The standard InChI is InChI=1S/C21H19F6N3/c1-29-12-28-18-3-2-14(8-19(18)29)17-11-30(5-4-20(17,23)24)10-13-6-15(21(25,26)27)9-16(22)7-13/h2-3,6-9,12,17H,4-5,10-11H2,1H3. The SMILES string of the molecule is Cn1cnc2ccc(C3CN(Cc4cc(F)cc(C(F)(F)F)c4)CCC3(F)F)cc21. The van der Waals surface area contributed by atoms with E-state index in [-0.39, 0.29) is 25.2 Å². The highest BCUT2D eigenvalue weighted by Crippen LogP contribution is 2.41. The number of piperidine rings is 1. The molecule has 1 aliphatic heterocycles. The molecule has 1 atom stereocenters. The van der Waals surface area contributed by atoms with E-state index in [0.717, 1.165) is 17.6 Å². The van der Waals surface area contributed by atoms with Crippen molar-refractivity contribution >= 4 is 11.0 Å². The van der Waals surface area contributed by atoms with Gasteiger partial charge in [-0.25, -0.2) is 18.2 Å². The summed E-state index contributed by atoms with van der Waals surface area (Å²) >= 11 is 0. The number of hydrogen-bond donors (Lipinski definition) is 0. The summed E-state index contributed by atoms with van der Waals surface area (Å²) in [6, 6.07) is 7.28. The van der Waals surface area contributed by atoms with Crippen molar-refractivity contribution < 1.29 is 26.3 Å². The van der Waals surface area contributed by atoms with Gasteiger partial charge in [-0.1, -0.05) is 6.07 Å². The first-order chi connectivity index (χ1) is 14.0. The molecule has 30 heavy (non-hydrogen) atoms. The highest BCUT2D eigenvalue weighted by Gasteiger charge is 2.45. The first-order valence-electron chi connectivity index (χ1n) is 9.41. The van der Waals surface area contributed by atoms with Gasteiger partial charge in [-0.15, -0.1) is 0 Å². The molecule has 1 fully saturated rings. The predicted molar refractivity (Wildman–Crippen MR) is 99.7 cm³/mol. The molecule has 0 aliphatic carbocycles. The summed E-state index contributed by atoms with van der Waals surface area (Å²) in [7, 11) is 1.77. The lowest BCUT2D eigenvalue weighted by Gasteiger charge is -2.38. The quantitative estimate of drug-likeness (QED) is 0.525. The zero-order valence-electron chi connectivity index (χ0n) is 16.1. The Morgan fingerprint density at radius 1 is 1.13 bits per heavy atom. The summed E-state index contributed by atoms with van der Waals surface area (Å²) in [6.07, 6.45) is -3.50. The molecule has 2 aromatic carbocycles. The van der Waals surface area contributed by atoms with E-state index in [1.807, 2.05) is 0 Å². The summed E-state index contributed by atoms with van der Waals surface area (Å²) in [5, 5.41) is 0. The van der Waals surface area contributed by atoms with E-state index in [4.69, 9.17) is 0 Å². The molecule has 0 radical (unpaired) electrons. The van der Waals surface area contributed by atoms with Gasteiger partial charge in [0.2, 0.25) is 0 Å². The maximum atomic E-state index is 14.7. The number of hydrogen-bond acceptors (Lipinski definition) is 2. The van der Waals surface area contributed by atoms with E-state index >= 15 is 0 Å². The molecule has 1 aliphatic rings. The summed E-state index contributed by atoms with van der Waals surface area (Å²) in [6.45, 7) is -0.0785. The maximum absolute atomic E-state index is 14.7. The number of rotatable bonds is 3. The van der Waals surface area contributed by atoms with E-state index < -0.39 is 35.8 Å². The lowest BCUT2D eigenvalue weighted by Crippen LogP contribution is -2.45.